The zero-order valence-electron chi connectivity index (χ0n) is 16.7. The first kappa shape index (κ1) is 30.3. The van der Waals surface area contributed by atoms with E-state index in [1.54, 1.807) is 24.3 Å². The number of benzene rings is 3. The van der Waals surface area contributed by atoms with Crippen LogP contribution in [0.3, 0.4) is 0 Å². The van der Waals surface area contributed by atoms with Crippen molar-refractivity contribution in [3.05, 3.63) is 60.2 Å². The molecule has 0 aliphatic rings. The number of hydrogen-bond donors (Lipinski definition) is 2. The van der Waals surface area contributed by atoms with E-state index in [-0.39, 0.29) is 112 Å². The van der Waals surface area contributed by atoms with Crippen molar-refractivity contribution >= 4 is 42.4 Å². The molecule has 142 valence electrons. The van der Waals surface area contributed by atoms with Gasteiger partial charge in [0, 0.05) is 22.8 Å². The summed E-state index contributed by atoms with van der Waals surface area (Å²) in [5.74, 6) is 0. The van der Waals surface area contributed by atoms with E-state index in [0.717, 1.165) is 23.8 Å². The summed E-state index contributed by atoms with van der Waals surface area (Å²) in [5.41, 5.74) is 6.96. The standard InChI is InChI=1S/C17H15N2O6S2.3Na/c18-13-5-1-3-11(7-13)10-19-15-9-14(26(20,21)22)8-12-4-2-6-16(17(12)15)27(23,24)25;;;/h1,3-9,19H,10,18H2,(H,20,21,22)(H,23,24,25);;;/q-1;3*+1/p-2. The van der Waals surface area contributed by atoms with Gasteiger partial charge in [0.15, 0.2) is 0 Å². The summed E-state index contributed by atoms with van der Waals surface area (Å²) in [4.78, 5) is -1.12. The second kappa shape index (κ2) is 12.0. The minimum atomic E-state index is -4.86. The average molecular weight is 474 g/mol. The maximum atomic E-state index is 11.6. The van der Waals surface area contributed by atoms with Crippen LogP contribution in [0.5, 0.6) is 0 Å². The van der Waals surface area contributed by atoms with E-state index >= 15 is 0 Å². The van der Waals surface area contributed by atoms with Gasteiger partial charge in [0.25, 0.3) is 0 Å². The van der Waals surface area contributed by atoms with Crippen LogP contribution in [-0.2, 0) is 26.8 Å². The number of rotatable bonds is 5. The molecule has 3 N–H and O–H groups in total. The third-order valence-electron chi connectivity index (χ3n) is 3.83. The Morgan fingerprint density at radius 3 is 2.17 bits per heavy atom. The molecule has 0 fully saturated rings. The fourth-order valence-corrected chi connectivity index (χ4v) is 3.91. The summed E-state index contributed by atoms with van der Waals surface area (Å²) in [6, 6.07) is 13.6. The van der Waals surface area contributed by atoms with Crippen molar-refractivity contribution in [3.63, 3.8) is 0 Å². The minimum Gasteiger partial charge on any atom is -0.754 e. The molecule has 0 aromatic heterocycles. The number of fused-ring (bicyclic) bond motifs is 1. The van der Waals surface area contributed by atoms with Crippen molar-refractivity contribution in [2.24, 2.45) is 0 Å². The van der Waals surface area contributed by atoms with Gasteiger partial charge in [-0.05, 0) is 28.7 Å². The molecule has 0 amide bonds. The Kier molecular flexibility index (Phi) is 12.1. The molecule has 3 rings (SSSR count). The molecule has 0 saturated carbocycles. The van der Waals surface area contributed by atoms with Crippen molar-refractivity contribution < 1.29 is 115 Å². The van der Waals surface area contributed by atoms with Crippen LogP contribution in [-0.4, -0.2) is 25.9 Å². The number of anilines is 2. The number of nitrogens with two attached hydrogens (primary N) is 1. The van der Waals surface area contributed by atoms with Crippen LogP contribution in [0.25, 0.3) is 10.8 Å². The molecule has 13 heteroatoms. The molecule has 0 radical (unpaired) electrons. The zero-order valence-corrected chi connectivity index (χ0v) is 24.3. The largest absolute Gasteiger partial charge is 1.00 e. The Hall–Kier alpha value is 0.340. The third-order valence-corrected chi connectivity index (χ3v) is 5.51. The Labute approximate surface area is 241 Å². The minimum absolute atomic E-state index is 0. The van der Waals surface area contributed by atoms with Gasteiger partial charge in [0.1, 0.15) is 10.1 Å². The fourth-order valence-electron chi connectivity index (χ4n) is 2.69. The second-order valence-electron chi connectivity index (χ2n) is 5.76. The summed E-state index contributed by atoms with van der Waals surface area (Å²) in [5, 5.41) is 2.95. The predicted molar refractivity (Wildman–Crippen MR) is 96.9 cm³/mol. The first-order valence-corrected chi connectivity index (χ1v) is 10.4. The number of nitrogens with one attached hydrogen (secondary N) is 1. The number of nitrogen functional groups attached to an aromatic ring is 1. The average Bonchev–Trinajstić information content (AvgIpc) is 2.57. The van der Waals surface area contributed by atoms with Crippen LogP contribution in [0.1, 0.15) is 5.56 Å². The summed E-state index contributed by atoms with van der Waals surface area (Å²) in [6.45, 7) is 0.152. The van der Waals surface area contributed by atoms with E-state index in [1.165, 1.54) is 6.07 Å². The molecular weight excluding hydrogens is 461 g/mol. The monoisotopic (exact) mass is 474 g/mol. The smallest absolute Gasteiger partial charge is 0.754 e. The normalized spacial score (nSPS) is 11.0. The van der Waals surface area contributed by atoms with Gasteiger partial charge in [-0.2, -0.15) is 18.2 Å². The summed E-state index contributed by atoms with van der Waals surface area (Å²) < 4.78 is 69.1. The van der Waals surface area contributed by atoms with E-state index in [4.69, 9.17) is 5.73 Å². The van der Waals surface area contributed by atoms with Crippen LogP contribution in [0, 0.1) is 6.07 Å². The summed E-state index contributed by atoms with van der Waals surface area (Å²) in [7, 11) is -9.66. The van der Waals surface area contributed by atoms with Gasteiger partial charge in [-0.1, -0.05) is 23.6 Å². The van der Waals surface area contributed by atoms with Crippen LogP contribution in [0.2, 0.25) is 0 Å². The van der Waals surface area contributed by atoms with E-state index < -0.39 is 30.0 Å². The van der Waals surface area contributed by atoms with Crippen LogP contribution in [0.15, 0.2) is 58.3 Å². The summed E-state index contributed by atoms with van der Waals surface area (Å²) >= 11 is 0. The third kappa shape index (κ3) is 7.45. The second-order valence-corrected chi connectivity index (χ2v) is 8.49. The predicted octanol–water partition coefficient (Wildman–Crippen LogP) is -7.35. The number of hydrogen-bond acceptors (Lipinski definition) is 8. The van der Waals surface area contributed by atoms with Gasteiger partial charge < -0.3 is 20.2 Å². The quantitative estimate of drug-likeness (QED) is 0.160. The van der Waals surface area contributed by atoms with Crippen LogP contribution in [0.4, 0.5) is 11.4 Å². The molecule has 0 bridgehead atoms. The molecule has 0 aliphatic heterocycles. The molecule has 0 heterocycles. The molecule has 3 aromatic rings. The molecular formula is C17H13N2Na3O6S2. The molecule has 0 atom stereocenters. The fraction of sp³-hybridized carbons (Fsp3) is 0.0588. The van der Waals surface area contributed by atoms with Crippen LogP contribution < -0.4 is 99.7 Å². The Morgan fingerprint density at radius 2 is 1.60 bits per heavy atom. The summed E-state index contributed by atoms with van der Waals surface area (Å²) in [6.07, 6.45) is 0. The van der Waals surface area contributed by atoms with Crippen molar-refractivity contribution in [1.82, 2.24) is 0 Å². The maximum Gasteiger partial charge on any atom is 1.00 e. The maximum absolute atomic E-state index is 11.6. The van der Waals surface area contributed by atoms with E-state index in [2.05, 4.69) is 11.4 Å². The Morgan fingerprint density at radius 1 is 0.933 bits per heavy atom. The Balaban J connectivity index is 0.00000280. The molecule has 0 spiro atoms. The molecule has 0 unspecified atom stereocenters. The van der Waals surface area contributed by atoms with Gasteiger partial charge in [-0.25, -0.2) is 8.42 Å². The molecule has 30 heavy (non-hydrogen) atoms. The van der Waals surface area contributed by atoms with E-state index in [1.807, 2.05) is 0 Å². The van der Waals surface area contributed by atoms with Crippen molar-refractivity contribution in [2.75, 3.05) is 11.1 Å². The first-order chi connectivity index (χ1) is 12.6. The van der Waals surface area contributed by atoms with E-state index in [0.29, 0.717) is 5.69 Å². The van der Waals surface area contributed by atoms with Gasteiger partial charge >= 0.3 is 88.7 Å². The van der Waals surface area contributed by atoms with E-state index in [9.17, 15) is 25.9 Å². The van der Waals surface area contributed by atoms with Gasteiger partial charge in [-0.3, -0.25) is 8.42 Å². The van der Waals surface area contributed by atoms with Gasteiger partial charge in [0.05, 0.1) is 10.1 Å². The van der Waals surface area contributed by atoms with Crippen molar-refractivity contribution in [1.29, 1.82) is 0 Å². The van der Waals surface area contributed by atoms with Crippen molar-refractivity contribution in [3.8, 4) is 0 Å². The SMILES string of the molecule is Nc1cccc(CNc2cc(S(=O)(=O)[O-])cc3c[c-]cc(S(=O)(=O)[O-])c23)c1.[Na+].[Na+].[Na+]. The molecule has 0 saturated heterocycles. The Bertz CT molecular complexity index is 1250. The van der Waals surface area contributed by atoms with Crippen molar-refractivity contribution in [2.45, 2.75) is 16.3 Å². The molecule has 8 nitrogen and oxygen atoms in total. The van der Waals surface area contributed by atoms with Crippen LogP contribution >= 0.6 is 0 Å². The molecule has 0 aliphatic carbocycles. The topological polar surface area (TPSA) is 152 Å². The molecule has 3 aromatic carbocycles. The zero-order chi connectivity index (χ0) is 19.8. The first-order valence-electron chi connectivity index (χ1n) is 7.53. The van der Waals surface area contributed by atoms with Gasteiger partial charge in [0.2, 0.25) is 0 Å². The van der Waals surface area contributed by atoms with Gasteiger partial charge in [-0.15, -0.1) is 5.39 Å².